The zero-order valence-electron chi connectivity index (χ0n) is 14.6. The Kier molecular flexibility index (Phi) is 3.91. The molecule has 0 spiro atoms. The number of rotatable bonds is 2. The molecule has 26 heavy (non-hydrogen) atoms. The third kappa shape index (κ3) is 2.54. The number of anilines is 2. The second-order valence-corrected chi connectivity index (χ2v) is 8.44. The van der Waals surface area contributed by atoms with Crippen LogP contribution < -0.4 is 8.61 Å². The maximum atomic E-state index is 12.8. The average Bonchev–Trinajstić information content (AvgIpc) is 3.15. The van der Waals surface area contributed by atoms with Crippen LogP contribution in [0.25, 0.3) is 0 Å². The number of piperidine rings is 1. The number of likely N-dealkylation sites (tertiary alicyclic amines) is 1. The highest BCUT2D eigenvalue weighted by Crippen LogP contribution is 2.42. The molecule has 2 aromatic rings. The summed E-state index contributed by atoms with van der Waals surface area (Å²) in [5, 5.41) is 3.77. The van der Waals surface area contributed by atoms with Crippen LogP contribution in [0.1, 0.15) is 29.1 Å². The van der Waals surface area contributed by atoms with Crippen molar-refractivity contribution in [1.82, 2.24) is 10.1 Å². The number of carbonyl (C=O) groups excluding carboxylic acids is 1. The molecule has 0 bridgehead atoms. The number of amides is 1. The molecule has 1 aromatic heterocycles. The van der Waals surface area contributed by atoms with Gasteiger partial charge in [-0.1, -0.05) is 17.3 Å². The smallest absolute Gasteiger partial charge is 0.326 e. The van der Waals surface area contributed by atoms with Crippen molar-refractivity contribution < 1.29 is 17.7 Å². The summed E-state index contributed by atoms with van der Waals surface area (Å²) in [6.07, 6.45) is 1.15. The van der Waals surface area contributed by atoms with Crippen LogP contribution in [-0.2, 0) is 10.2 Å². The predicted octanol–water partition coefficient (Wildman–Crippen LogP) is 1.79. The molecular weight excluding hydrogens is 356 g/mol. The van der Waals surface area contributed by atoms with Crippen molar-refractivity contribution in [3.05, 3.63) is 41.8 Å². The number of hydrogen-bond donors (Lipinski definition) is 0. The molecule has 0 aliphatic carbocycles. The lowest BCUT2D eigenvalue weighted by molar-refractivity contribution is 0.0705. The Morgan fingerprint density at radius 1 is 1.19 bits per heavy atom. The zero-order chi connectivity index (χ0) is 18.5. The summed E-state index contributed by atoms with van der Waals surface area (Å²) in [6.45, 7) is 2.70. The summed E-state index contributed by atoms with van der Waals surface area (Å²) in [4.78, 5) is 14.2. The molecule has 1 amide bonds. The molecule has 2 aliphatic rings. The fourth-order valence-electron chi connectivity index (χ4n) is 3.62. The van der Waals surface area contributed by atoms with Crippen LogP contribution in [0.2, 0.25) is 0 Å². The first-order valence-electron chi connectivity index (χ1n) is 8.49. The monoisotopic (exact) mass is 376 g/mol. The van der Waals surface area contributed by atoms with Crippen LogP contribution in [0.4, 0.5) is 11.4 Å². The summed E-state index contributed by atoms with van der Waals surface area (Å²) >= 11 is 0. The SMILES string of the molecule is Cc1cc(C(=O)N2CCC(N3c4ccccc4N(C)S3(=O)=O)CC2)no1. The van der Waals surface area contributed by atoms with E-state index in [-0.39, 0.29) is 11.9 Å². The van der Waals surface area contributed by atoms with Gasteiger partial charge >= 0.3 is 10.2 Å². The molecule has 4 rings (SSSR count). The number of fused-ring (bicyclic) bond motifs is 1. The maximum absolute atomic E-state index is 12.8. The van der Waals surface area contributed by atoms with E-state index in [1.54, 1.807) is 31.0 Å². The van der Waals surface area contributed by atoms with Gasteiger partial charge in [0.1, 0.15) is 5.76 Å². The van der Waals surface area contributed by atoms with Crippen molar-refractivity contribution >= 4 is 27.5 Å². The Morgan fingerprint density at radius 2 is 1.85 bits per heavy atom. The highest BCUT2D eigenvalue weighted by atomic mass is 32.2. The van der Waals surface area contributed by atoms with E-state index in [1.165, 1.54) is 8.61 Å². The van der Waals surface area contributed by atoms with Gasteiger partial charge in [-0.25, -0.2) is 4.31 Å². The van der Waals surface area contributed by atoms with Crippen molar-refractivity contribution in [2.75, 3.05) is 28.7 Å². The third-order valence-corrected chi connectivity index (χ3v) is 6.86. The standard InChI is InChI=1S/C17H20N4O4S/c1-12-11-14(18-25-12)17(22)20-9-7-13(8-10-20)21-16-6-4-3-5-15(16)19(2)26(21,23)24/h3-6,11,13H,7-10H2,1-2H3. The van der Waals surface area contributed by atoms with Crippen molar-refractivity contribution in [3.8, 4) is 0 Å². The quantitative estimate of drug-likeness (QED) is 0.797. The molecule has 0 N–H and O–H groups in total. The minimum Gasteiger partial charge on any atom is -0.361 e. The number of aryl methyl sites for hydroxylation is 1. The normalized spacial score (nSPS) is 19.7. The lowest BCUT2D eigenvalue weighted by Crippen LogP contribution is -2.49. The molecule has 8 nitrogen and oxygen atoms in total. The Balaban J connectivity index is 1.52. The summed E-state index contributed by atoms with van der Waals surface area (Å²) in [7, 11) is -2.01. The van der Waals surface area contributed by atoms with E-state index in [1.807, 2.05) is 18.2 Å². The predicted molar refractivity (Wildman–Crippen MR) is 96.4 cm³/mol. The van der Waals surface area contributed by atoms with Gasteiger partial charge in [-0.3, -0.25) is 9.10 Å². The molecule has 0 unspecified atom stereocenters. The first-order chi connectivity index (χ1) is 12.4. The first kappa shape index (κ1) is 16.9. The van der Waals surface area contributed by atoms with Gasteiger partial charge in [0.05, 0.1) is 17.4 Å². The molecule has 0 atom stereocenters. The van der Waals surface area contributed by atoms with Gasteiger partial charge < -0.3 is 9.42 Å². The summed E-state index contributed by atoms with van der Waals surface area (Å²) in [5.41, 5.74) is 1.68. The van der Waals surface area contributed by atoms with Gasteiger partial charge in [0.2, 0.25) is 0 Å². The largest absolute Gasteiger partial charge is 0.361 e. The van der Waals surface area contributed by atoms with Gasteiger partial charge in [0, 0.05) is 26.2 Å². The summed E-state index contributed by atoms with van der Waals surface area (Å²) in [5.74, 6) is 0.410. The second kappa shape index (κ2) is 6.01. The van der Waals surface area contributed by atoms with Gasteiger partial charge in [0.25, 0.3) is 5.91 Å². The van der Waals surface area contributed by atoms with Gasteiger partial charge in [-0.05, 0) is 31.9 Å². The molecule has 0 saturated carbocycles. The minimum atomic E-state index is -3.58. The molecule has 1 fully saturated rings. The maximum Gasteiger partial charge on any atom is 0.326 e. The zero-order valence-corrected chi connectivity index (χ0v) is 15.4. The fraction of sp³-hybridized carbons (Fsp3) is 0.412. The van der Waals surface area contributed by atoms with E-state index < -0.39 is 10.2 Å². The highest BCUT2D eigenvalue weighted by molar-refractivity contribution is 7.94. The Morgan fingerprint density at radius 3 is 2.46 bits per heavy atom. The number of nitrogens with zero attached hydrogens (tertiary/aromatic N) is 4. The van der Waals surface area contributed by atoms with E-state index in [4.69, 9.17) is 4.52 Å². The molecule has 3 heterocycles. The Labute approximate surface area is 152 Å². The first-order valence-corrected chi connectivity index (χ1v) is 9.89. The lowest BCUT2D eigenvalue weighted by atomic mass is 10.0. The fourth-order valence-corrected chi connectivity index (χ4v) is 5.27. The summed E-state index contributed by atoms with van der Waals surface area (Å²) < 4.78 is 33.5. The van der Waals surface area contributed by atoms with Gasteiger partial charge in [0.15, 0.2) is 5.69 Å². The molecule has 138 valence electrons. The Bertz CT molecular complexity index is 947. The van der Waals surface area contributed by atoms with Crippen molar-refractivity contribution in [2.24, 2.45) is 0 Å². The van der Waals surface area contributed by atoms with E-state index >= 15 is 0 Å². The van der Waals surface area contributed by atoms with Crippen molar-refractivity contribution in [2.45, 2.75) is 25.8 Å². The topological polar surface area (TPSA) is 87.0 Å². The van der Waals surface area contributed by atoms with E-state index in [2.05, 4.69) is 5.16 Å². The molecule has 1 aromatic carbocycles. The highest BCUT2D eigenvalue weighted by Gasteiger charge is 2.43. The number of hydrogen-bond acceptors (Lipinski definition) is 5. The average molecular weight is 376 g/mol. The number of para-hydroxylation sites is 2. The van der Waals surface area contributed by atoms with Crippen molar-refractivity contribution in [3.63, 3.8) is 0 Å². The molecule has 0 radical (unpaired) electrons. The van der Waals surface area contributed by atoms with Gasteiger partial charge in [-0.15, -0.1) is 0 Å². The van der Waals surface area contributed by atoms with Crippen LogP contribution in [-0.4, -0.2) is 50.6 Å². The van der Waals surface area contributed by atoms with E-state index in [0.717, 1.165) is 0 Å². The molecule has 1 saturated heterocycles. The molecule has 2 aliphatic heterocycles. The second-order valence-electron chi connectivity index (χ2n) is 6.61. The Hall–Kier alpha value is -2.55. The lowest BCUT2D eigenvalue weighted by Gasteiger charge is -2.36. The van der Waals surface area contributed by atoms with Crippen LogP contribution in [0, 0.1) is 6.92 Å². The number of carbonyl (C=O) groups is 1. The van der Waals surface area contributed by atoms with Crippen LogP contribution in [0.3, 0.4) is 0 Å². The molecule has 9 heteroatoms. The summed E-state index contributed by atoms with van der Waals surface area (Å²) in [6, 6.07) is 8.74. The third-order valence-electron chi connectivity index (χ3n) is 4.98. The van der Waals surface area contributed by atoms with Crippen LogP contribution in [0.15, 0.2) is 34.9 Å². The van der Waals surface area contributed by atoms with E-state index in [9.17, 15) is 13.2 Å². The van der Waals surface area contributed by atoms with E-state index in [0.29, 0.717) is 48.8 Å². The number of benzene rings is 1. The number of aromatic nitrogens is 1. The van der Waals surface area contributed by atoms with Gasteiger partial charge in [-0.2, -0.15) is 8.42 Å². The van der Waals surface area contributed by atoms with Crippen LogP contribution in [0.5, 0.6) is 0 Å². The molecular formula is C17H20N4O4S. The van der Waals surface area contributed by atoms with Crippen molar-refractivity contribution in [1.29, 1.82) is 0 Å². The minimum absolute atomic E-state index is 0.172. The van der Waals surface area contributed by atoms with Crippen LogP contribution >= 0.6 is 0 Å².